The van der Waals surface area contributed by atoms with E-state index in [1.54, 1.807) is 0 Å². The first-order valence-electron chi connectivity index (χ1n) is 15.4. The van der Waals surface area contributed by atoms with E-state index in [2.05, 4.69) is 6.92 Å². The summed E-state index contributed by atoms with van der Waals surface area (Å²) in [7, 11) is -4.09. The largest absolute Gasteiger partial charge is 0.481 e. The molecule has 0 aromatic rings. The molecule has 0 bridgehead atoms. The van der Waals surface area contributed by atoms with Crippen molar-refractivity contribution in [3.8, 4) is 0 Å². The van der Waals surface area contributed by atoms with Crippen LogP contribution in [0.15, 0.2) is 0 Å². The number of rotatable bonds is 31. The van der Waals surface area contributed by atoms with E-state index in [0.29, 0.717) is 32.7 Å². The molecule has 2 unspecified atom stereocenters. The molecule has 0 aromatic heterocycles. The molecule has 2 N–H and O–H groups in total. The number of ether oxygens (including phenoxy) is 2. The van der Waals surface area contributed by atoms with Gasteiger partial charge in [-0.2, -0.15) is 0 Å². The van der Waals surface area contributed by atoms with Crippen LogP contribution in [0.5, 0.6) is 0 Å². The third-order valence-electron chi connectivity index (χ3n) is 6.47. The molecule has 0 amide bonds. The van der Waals surface area contributed by atoms with E-state index in [1.165, 1.54) is 77.0 Å². The molecule has 0 aromatic carbocycles. The fourth-order valence-electron chi connectivity index (χ4n) is 4.16. The molecule has 0 rings (SSSR count). The number of carbonyl (C=O) groups is 1. The van der Waals surface area contributed by atoms with Crippen LogP contribution in [0.25, 0.3) is 0 Å². The van der Waals surface area contributed by atoms with Crippen molar-refractivity contribution in [3.05, 3.63) is 0 Å². The Kier molecular flexibility index (Phi) is 27.7. The number of phosphoric acid groups is 1. The van der Waals surface area contributed by atoms with Gasteiger partial charge < -0.3 is 19.5 Å². The molecular weight excluding hydrogens is 507 g/mol. The quantitative estimate of drug-likeness (QED) is 0.0635. The van der Waals surface area contributed by atoms with E-state index in [9.17, 15) is 14.3 Å². The third kappa shape index (κ3) is 28.5. The maximum absolute atomic E-state index is 12.0. The van der Waals surface area contributed by atoms with Gasteiger partial charge in [-0.25, -0.2) is 4.57 Å². The van der Waals surface area contributed by atoms with Crippen LogP contribution in [0, 0.1) is 0 Å². The number of carboxylic acid groups (broad SMARTS) is 1. The highest BCUT2D eigenvalue weighted by Gasteiger charge is 2.23. The van der Waals surface area contributed by atoms with Crippen LogP contribution in [-0.2, 0) is 27.9 Å². The summed E-state index contributed by atoms with van der Waals surface area (Å²) in [6.45, 7) is 5.60. The summed E-state index contributed by atoms with van der Waals surface area (Å²) in [6, 6.07) is 0. The van der Waals surface area contributed by atoms with Gasteiger partial charge >= 0.3 is 13.8 Å². The van der Waals surface area contributed by atoms with Gasteiger partial charge in [0, 0.05) is 19.6 Å². The number of carboxylic acids is 1. The number of aliphatic carboxylic acids is 1. The zero-order valence-corrected chi connectivity index (χ0v) is 25.4. The molecular formula is C29H59O8P. The minimum absolute atomic E-state index is 0.0742. The number of unbranched alkanes of at least 4 members (excludes halogenated alkanes) is 16. The Labute approximate surface area is 233 Å². The van der Waals surface area contributed by atoms with Crippen LogP contribution < -0.4 is 0 Å². The predicted octanol–water partition coefficient (Wildman–Crippen LogP) is 8.45. The molecule has 8 nitrogen and oxygen atoms in total. The Morgan fingerprint density at radius 3 is 1.66 bits per heavy atom. The van der Waals surface area contributed by atoms with Gasteiger partial charge in [-0.05, 0) is 25.7 Å². The molecule has 0 aliphatic heterocycles. The van der Waals surface area contributed by atoms with E-state index < -0.39 is 19.9 Å². The Morgan fingerprint density at radius 2 is 1.13 bits per heavy atom. The Morgan fingerprint density at radius 1 is 0.632 bits per heavy atom. The van der Waals surface area contributed by atoms with Crippen LogP contribution in [0.4, 0.5) is 0 Å². The number of hydrogen-bond acceptors (Lipinski definition) is 6. The van der Waals surface area contributed by atoms with E-state index in [1.807, 2.05) is 6.92 Å². The highest BCUT2D eigenvalue weighted by atomic mass is 31.2. The lowest BCUT2D eigenvalue weighted by Gasteiger charge is -2.20. The van der Waals surface area contributed by atoms with Gasteiger partial charge in [-0.1, -0.05) is 110 Å². The summed E-state index contributed by atoms with van der Waals surface area (Å²) >= 11 is 0. The van der Waals surface area contributed by atoms with Crippen LogP contribution in [0.2, 0.25) is 0 Å². The van der Waals surface area contributed by atoms with Gasteiger partial charge in [0.05, 0.1) is 19.8 Å². The van der Waals surface area contributed by atoms with Gasteiger partial charge in [-0.3, -0.25) is 13.8 Å². The Balaban J connectivity index is 3.90. The van der Waals surface area contributed by atoms with Gasteiger partial charge in [0.1, 0.15) is 6.10 Å². The van der Waals surface area contributed by atoms with Crippen molar-refractivity contribution in [2.75, 3.05) is 33.0 Å². The van der Waals surface area contributed by atoms with Crippen molar-refractivity contribution in [3.63, 3.8) is 0 Å². The Hall–Kier alpha value is -0.500. The molecule has 2 atom stereocenters. The first-order valence-corrected chi connectivity index (χ1v) is 16.9. The Bertz CT molecular complexity index is 561. The SMILES string of the molecule is CCCCCCCCCCCCCCCCOCC(COP(=O)(O)OCCC)OCCCCCCC(=O)O. The average molecular weight is 567 g/mol. The van der Waals surface area contributed by atoms with Crippen molar-refractivity contribution in [2.45, 2.75) is 148 Å². The summed E-state index contributed by atoms with van der Waals surface area (Å²) in [5.74, 6) is -0.770. The standard InChI is InChI=1S/C29H59O8P/c1-3-5-6-7-8-9-10-11-12-13-14-15-17-20-24-34-26-28(27-37-38(32,33)36-23-4-2)35-25-21-18-16-19-22-29(30)31/h28H,3-27H2,1-2H3,(H,30,31)(H,32,33). The first-order chi connectivity index (χ1) is 18.4. The molecule has 0 radical (unpaired) electrons. The average Bonchev–Trinajstić information content (AvgIpc) is 2.89. The van der Waals surface area contributed by atoms with Crippen molar-refractivity contribution < 1.29 is 37.9 Å². The van der Waals surface area contributed by atoms with Gasteiger partial charge in [-0.15, -0.1) is 0 Å². The smallest absolute Gasteiger partial charge is 0.472 e. The van der Waals surface area contributed by atoms with E-state index in [-0.39, 0.29) is 19.6 Å². The van der Waals surface area contributed by atoms with Crippen LogP contribution in [0.1, 0.15) is 142 Å². The van der Waals surface area contributed by atoms with E-state index in [0.717, 1.165) is 32.1 Å². The van der Waals surface area contributed by atoms with Crippen LogP contribution in [0.3, 0.4) is 0 Å². The highest BCUT2D eigenvalue weighted by Crippen LogP contribution is 2.43. The molecule has 228 valence electrons. The maximum atomic E-state index is 12.0. The van der Waals surface area contributed by atoms with E-state index >= 15 is 0 Å². The van der Waals surface area contributed by atoms with Gasteiger partial charge in [0.15, 0.2) is 0 Å². The fraction of sp³-hybridized carbons (Fsp3) is 0.966. The fourth-order valence-corrected chi connectivity index (χ4v) is 5.00. The second-order valence-electron chi connectivity index (χ2n) is 10.3. The van der Waals surface area contributed by atoms with Crippen molar-refractivity contribution in [2.24, 2.45) is 0 Å². The van der Waals surface area contributed by atoms with E-state index in [4.69, 9.17) is 23.6 Å². The molecule has 0 aliphatic rings. The molecule has 0 saturated carbocycles. The summed E-state index contributed by atoms with van der Waals surface area (Å²) in [6.07, 6.45) is 21.9. The topological polar surface area (TPSA) is 112 Å². The number of phosphoric ester groups is 1. The van der Waals surface area contributed by atoms with Crippen LogP contribution >= 0.6 is 7.82 Å². The zero-order chi connectivity index (χ0) is 28.2. The highest BCUT2D eigenvalue weighted by molar-refractivity contribution is 7.47. The van der Waals surface area contributed by atoms with Crippen molar-refractivity contribution >= 4 is 13.8 Å². The lowest BCUT2D eigenvalue weighted by molar-refractivity contribution is -0.137. The van der Waals surface area contributed by atoms with Crippen LogP contribution in [-0.4, -0.2) is 55.1 Å². The third-order valence-corrected chi connectivity index (χ3v) is 7.45. The summed E-state index contributed by atoms with van der Waals surface area (Å²) in [4.78, 5) is 20.4. The monoisotopic (exact) mass is 566 g/mol. The normalized spacial score (nSPS) is 14.0. The van der Waals surface area contributed by atoms with Gasteiger partial charge in [0.25, 0.3) is 0 Å². The summed E-state index contributed by atoms with van der Waals surface area (Å²) < 4.78 is 33.6. The van der Waals surface area contributed by atoms with Crippen molar-refractivity contribution in [1.29, 1.82) is 0 Å². The maximum Gasteiger partial charge on any atom is 0.472 e. The second kappa shape index (κ2) is 28.0. The molecule has 0 spiro atoms. The summed E-state index contributed by atoms with van der Waals surface area (Å²) in [5.41, 5.74) is 0. The van der Waals surface area contributed by atoms with Gasteiger partial charge in [0.2, 0.25) is 0 Å². The number of hydrogen-bond donors (Lipinski definition) is 2. The predicted molar refractivity (Wildman–Crippen MR) is 154 cm³/mol. The molecule has 9 heteroatoms. The molecule has 0 aliphatic carbocycles. The second-order valence-corrected chi connectivity index (χ2v) is 11.8. The molecule has 0 saturated heterocycles. The van der Waals surface area contributed by atoms with Crippen molar-refractivity contribution in [1.82, 2.24) is 0 Å². The first kappa shape index (κ1) is 37.5. The molecule has 38 heavy (non-hydrogen) atoms. The minimum atomic E-state index is -4.09. The lowest BCUT2D eigenvalue weighted by Crippen LogP contribution is -2.26. The summed E-state index contributed by atoms with van der Waals surface area (Å²) in [5, 5.41) is 8.70. The molecule has 0 fully saturated rings. The molecule has 0 heterocycles. The zero-order valence-electron chi connectivity index (χ0n) is 24.5. The minimum Gasteiger partial charge on any atom is -0.481 e. The lowest BCUT2D eigenvalue weighted by atomic mass is 10.0.